The molecular weight excluding hydrogens is 190 g/mol. The Morgan fingerprint density at radius 3 is 2.47 bits per heavy atom. The van der Waals surface area contributed by atoms with E-state index in [9.17, 15) is 0 Å². The molecule has 2 aliphatic rings. The van der Waals surface area contributed by atoms with Gasteiger partial charge in [0, 0.05) is 12.6 Å². The minimum Gasteiger partial charge on any atom is -0.349 e. The van der Waals surface area contributed by atoms with Crippen molar-refractivity contribution in [3.05, 3.63) is 0 Å². The predicted molar refractivity (Wildman–Crippen MR) is 59.7 cm³/mol. The standard InChI is InChI=1S/C12H23NO2/c1-10-5-3-4-6-11(10)13(2)9-12-14-7-8-15-12/h10-12H,3-9H2,1-2H3/t10-,11+/m1/s1. The fourth-order valence-corrected chi connectivity index (χ4v) is 2.83. The lowest BCUT2D eigenvalue weighted by Crippen LogP contribution is -2.42. The minimum absolute atomic E-state index is 0.0177. The number of likely N-dealkylation sites (N-methyl/N-ethyl adjacent to an activating group) is 1. The molecule has 88 valence electrons. The maximum atomic E-state index is 5.49. The first-order valence-electron chi connectivity index (χ1n) is 6.21. The predicted octanol–water partition coefficient (Wildman–Crippen LogP) is 1.87. The monoisotopic (exact) mass is 213 g/mol. The van der Waals surface area contributed by atoms with Crippen LogP contribution in [0.3, 0.4) is 0 Å². The second kappa shape index (κ2) is 5.28. The maximum Gasteiger partial charge on any atom is 0.170 e. The molecule has 1 saturated heterocycles. The topological polar surface area (TPSA) is 21.7 Å². The largest absolute Gasteiger partial charge is 0.349 e. The Morgan fingerprint density at radius 2 is 1.80 bits per heavy atom. The molecule has 0 unspecified atom stereocenters. The van der Waals surface area contributed by atoms with Gasteiger partial charge in [-0.05, 0) is 25.8 Å². The first-order chi connectivity index (χ1) is 7.27. The van der Waals surface area contributed by atoms with Crippen molar-refractivity contribution < 1.29 is 9.47 Å². The van der Waals surface area contributed by atoms with Crippen molar-refractivity contribution in [2.45, 2.75) is 44.9 Å². The second-order valence-electron chi connectivity index (χ2n) is 4.94. The number of hydrogen-bond donors (Lipinski definition) is 0. The van der Waals surface area contributed by atoms with Crippen molar-refractivity contribution in [1.29, 1.82) is 0 Å². The highest BCUT2D eigenvalue weighted by molar-refractivity contribution is 4.80. The molecule has 0 spiro atoms. The highest BCUT2D eigenvalue weighted by Gasteiger charge is 2.27. The molecule has 2 fully saturated rings. The van der Waals surface area contributed by atoms with Crippen molar-refractivity contribution >= 4 is 0 Å². The van der Waals surface area contributed by atoms with E-state index in [1.54, 1.807) is 0 Å². The van der Waals surface area contributed by atoms with E-state index in [-0.39, 0.29) is 6.29 Å². The summed E-state index contributed by atoms with van der Waals surface area (Å²) in [6.45, 7) is 4.82. The zero-order chi connectivity index (χ0) is 10.7. The van der Waals surface area contributed by atoms with Gasteiger partial charge in [-0.2, -0.15) is 0 Å². The van der Waals surface area contributed by atoms with Gasteiger partial charge in [-0.1, -0.05) is 19.8 Å². The van der Waals surface area contributed by atoms with E-state index in [0.29, 0.717) is 0 Å². The number of hydrogen-bond acceptors (Lipinski definition) is 3. The average Bonchev–Trinajstić information content (AvgIpc) is 2.71. The molecule has 1 saturated carbocycles. The number of ether oxygens (including phenoxy) is 2. The van der Waals surface area contributed by atoms with Crippen molar-refractivity contribution in [2.75, 3.05) is 26.8 Å². The molecule has 0 aromatic heterocycles. The van der Waals surface area contributed by atoms with Crippen LogP contribution in [0.25, 0.3) is 0 Å². The number of rotatable bonds is 3. The molecule has 2 rings (SSSR count). The van der Waals surface area contributed by atoms with Crippen molar-refractivity contribution in [3.63, 3.8) is 0 Å². The third-order valence-corrected chi connectivity index (χ3v) is 3.76. The summed E-state index contributed by atoms with van der Waals surface area (Å²) in [6, 6.07) is 0.728. The van der Waals surface area contributed by atoms with Crippen LogP contribution in [0.5, 0.6) is 0 Å². The van der Waals surface area contributed by atoms with Crippen molar-refractivity contribution in [3.8, 4) is 0 Å². The van der Waals surface area contributed by atoms with E-state index in [1.165, 1.54) is 25.7 Å². The van der Waals surface area contributed by atoms with Gasteiger partial charge in [0.05, 0.1) is 13.2 Å². The van der Waals surface area contributed by atoms with Gasteiger partial charge in [-0.15, -0.1) is 0 Å². The van der Waals surface area contributed by atoms with Gasteiger partial charge in [-0.25, -0.2) is 0 Å². The van der Waals surface area contributed by atoms with Gasteiger partial charge >= 0.3 is 0 Å². The molecular formula is C12H23NO2. The van der Waals surface area contributed by atoms with Crippen LogP contribution in [0.2, 0.25) is 0 Å². The van der Waals surface area contributed by atoms with Gasteiger partial charge < -0.3 is 9.47 Å². The van der Waals surface area contributed by atoms with E-state index in [4.69, 9.17) is 9.47 Å². The zero-order valence-corrected chi connectivity index (χ0v) is 9.95. The maximum absolute atomic E-state index is 5.49. The van der Waals surface area contributed by atoms with Gasteiger partial charge in [0.2, 0.25) is 0 Å². The van der Waals surface area contributed by atoms with E-state index in [0.717, 1.165) is 31.7 Å². The Labute approximate surface area is 92.7 Å². The van der Waals surface area contributed by atoms with Crippen LogP contribution >= 0.6 is 0 Å². The Bertz CT molecular complexity index is 192. The van der Waals surface area contributed by atoms with Gasteiger partial charge in [0.1, 0.15) is 0 Å². The first-order valence-corrected chi connectivity index (χ1v) is 6.21. The fourth-order valence-electron chi connectivity index (χ4n) is 2.83. The summed E-state index contributed by atoms with van der Waals surface area (Å²) < 4.78 is 11.0. The van der Waals surface area contributed by atoms with Crippen LogP contribution in [-0.4, -0.2) is 44.0 Å². The fraction of sp³-hybridized carbons (Fsp3) is 1.00. The highest BCUT2D eigenvalue weighted by Crippen LogP contribution is 2.27. The molecule has 15 heavy (non-hydrogen) atoms. The van der Waals surface area contributed by atoms with E-state index < -0.39 is 0 Å². The first kappa shape index (κ1) is 11.4. The Kier molecular flexibility index (Phi) is 4.00. The van der Waals surface area contributed by atoms with Crippen LogP contribution < -0.4 is 0 Å². The summed E-state index contributed by atoms with van der Waals surface area (Å²) in [7, 11) is 2.21. The summed E-state index contributed by atoms with van der Waals surface area (Å²) in [5.74, 6) is 0.824. The van der Waals surface area contributed by atoms with Gasteiger partial charge in [0.25, 0.3) is 0 Å². The molecule has 3 heteroatoms. The quantitative estimate of drug-likeness (QED) is 0.714. The smallest absolute Gasteiger partial charge is 0.170 e. The Hall–Kier alpha value is -0.120. The SMILES string of the molecule is C[C@@H]1CCCC[C@@H]1N(C)CC1OCCO1. The molecule has 1 aliphatic carbocycles. The third kappa shape index (κ3) is 2.92. The molecule has 1 aliphatic heterocycles. The van der Waals surface area contributed by atoms with Crippen LogP contribution in [0.15, 0.2) is 0 Å². The van der Waals surface area contributed by atoms with Crippen molar-refractivity contribution in [1.82, 2.24) is 4.90 Å². The lowest BCUT2D eigenvalue weighted by Gasteiger charge is -2.37. The molecule has 0 bridgehead atoms. The molecule has 0 aromatic rings. The van der Waals surface area contributed by atoms with Crippen LogP contribution in [0.1, 0.15) is 32.6 Å². The molecule has 2 atom stereocenters. The van der Waals surface area contributed by atoms with Crippen molar-refractivity contribution in [2.24, 2.45) is 5.92 Å². The lowest BCUT2D eigenvalue weighted by atomic mass is 9.85. The molecule has 0 N–H and O–H groups in total. The van der Waals surface area contributed by atoms with Gasteiger partial charge in [0.15, 0.2) is 6.29 Å². The summed E-state index contributed by atoms with van der Waals surface area (Å²) in [6.07, 6.45) is 5.52. The zero-order valence-electron chi connectivity index (χ0n) is 9.95. The molecule has 0 amide bonds. The number of nitrogens with zero attached hydrogens (tertiary/aromatic N) is 1. The molecule has 1 heterocycles. The molecule has 0 radical (unpaired) electrons. The summed E-state index contributed by atoms with van der Waals surface area (Å²) in [5.41, 5.74) is 0. The molecule has 0 aromatic carbocycles. The summed E-state index contributed by atoms with van der Waals surface area (Å²) in [5, 5.41) is 0. The molecule has 3 nitrogen and oxygen atoms in total. The highest BCUT2D eigenvalue weighted by atomic mass is 16.7. The lowest BCUT2D eigenvalue weighted by molar-refractivity contribution is -0.0692. The van der Waals surface area contributed by atoms with Gasteiger partial charge in [-0.3, -0.25) is 4.90 Å². The average molecular weight is 213 g/mol. The normalized spacial score (nSPS) is 33.8. The van der Waals surface area contributed by atoms with Crippen LogP contribution in [0, 0.1) is 5.92 Å². The van der Waals surface area contributed by atoms with Crippen LogP contribution in [0.4, 0.5) is 0 Å². The third-order valence-electron chi connectivity index (χ3n) is 3.76. The summed E-state index contributed by atoms with van der Waals surface area (Å²) >= 11 is 0. The second-order valence-corrected chi connectivity index (χ2v) is 4.94. The van der Waals surface area contributed by atoms with Crippen LogP contribution in [-0.2, 0) is 9.47 Å². The minimum atomic E-state index is 0.0177. The van der Waals surface area contributed by atoms with E-state index in [1.807, 2.05) is 0 Å². The Morgan fingerprint density at radius 1 is 1.13 bits per heavy atom. The van der Waals surface area contributed by atoms with E-state index >= 15 is 0 Å². The van der Waals surface area contributed by atoms with E-state index in [2.05, 4.69) is 18.9 Å². The summed E-state index contributed by atoms with van der Waals surface area (Å²) in [4.78, 5) is 2.43. The Balaban J connectivity index is 1.80.